The molecular formula is C27H21Br2Cl2F6N4O2S2. The lowest BCUT2D eigenvalue weighted by Crippen LogP contribution is -2.16. The number of aromatic nitrogens is 4. The van der Waals surface area contributed by atoms with E-state index < -0.39 is 62.0 Å². The van der Waals surface area contributed by atoms with E-state index in [0.717, 1.165) is 10.7 Å². The van der Waals surface area contributed by atoms with Gasteiger partial charge in [0, 0.05) is 28.3 Å². The molecule has 2 heterocycles. The van der Waals surface area contributed by atoms with Gasteiger partial charge in [-0.05, 0) is 62.0 Å². The molecule has 0 spiro atoms. The van der Waals surface area contributed by atoms with Crippen LogP contribution in [0.25, 0.3) is 22.6 Å². The SMILES string of the molecule is CCS(=O)(=O)c1c[c]c(Cl)c(-n2nc(CC(F)(F)F)c(Br)c2-c2cc(SCC(C)C)ccc2Cl)c1-n1nc(C(F)(F)F)cc1Br. The van der Waals surface area contributed by atoms with Gasteiger partial charge in [0.25, 0.3) is 0 Å². The Kier molecular flexibility index (Phi) is 10.8. The summed E-state index contributed by atoms with van der Waals surface area (Å²) in [4.78, 5) is 0.175. The molecule has 2 aromatic heterocycles. The van der Waals surface area contributed by atoms with E-state index in [4.69, 9.17) is 23.2 Å². The zero-order valence-electron chi connectivity index (χ0n) is 23.3. The largest absolute Gasteiger partial charge is 0.435 e. The summed E-state index contributed by atoms with van der Waals surface area (Å²) in [6.45, 7) is 5.33. The molecule has 0 amide bonds. The molecule has 0 saturated carbocycles. The van der Waals surface area contributed by atoms with Crippen molar-refractivity contribution in [3.63, 3.8) is 0 Å². The van der Waals surface area contributed by atoms with Crippen LogP contribution in [0, 0.1) is 12.0 Å². The molecule has 6 nitrogen and oxygen atoms in total. The van der Waals surface area contributed by atoms with Crippen LogP contribution in [-0.2, 0) is 22.4 Å². The zero-order chi connectivity index (χ0) is 33.6. The number of halogens is 10. The van der Waals surface area contributed by atoms with E-state index in [1.807, 2.05) is 13.8 Å². The summed E-state index contributed by atoms with van der Waals surface area (Å²) in [5.41, 5.74) is -2.66. The average molecular weight is 842 g/mol. The molecule has 0 aliphatic heterocycles. The van der Waals surface area contributed by atoms with E-state index in [1.165, 1.54) is 18.7 Å². The fraction of sp³-hybridized carbons (Fsp3) is 0.333. The molecule has 1 radical (unpaired) electrons. The van der Waals surface area contributed by atoms with Crippen LogP contribution in [0.5, 0.6) is 0 Å². The lowest BCUT2D eigenvalue weighted by Gasteiger charge is -2.19. The fourth-order valence-electron chi connectivity index (χ4n) is 4.11. The minimum absolute atomic E-state index is 0.0619. The predicted octanol–water partition coefficient (Wildman–Crippen LogP) is 10.0. The maximum atomic E-state index is 13.7. The highest BCUT2D eigenvalue weighted by Gasteiger charge is 2.38. The highest BCUT2D eigenvalue weighted by molar-refractivity contribution is 9.10. The smallest absolute Gasteiger partial charge is 0.228 e. The number of hydrogen-bond acceptors (Lipinski definition) is 5. The Bertz CT molecular complexity index is 1860. The average Bonchev–Trinajstić information content (AvgIpc) is 3.46. The van der Waals surface area contributed by atoms with Crippen molar-refractivity contribution in [1.29, 1.82) is 0 Å². The van der Waals surface area contributed by atoms with Crippen LogP contribution < -0.4 is 0 Å². The number of hydrogen-bond donors (Lipinski definition) is 0. The zero-order valence-corrected chi connectivity index (χ0v) is 29.6. The second kappa shape index (κ2) is 13.4. The Morgan fingerprint density at radius 2 is 1.69 bits per heavy atom. The maximum absolute atomic E-state index is 13.7. The highest BCUT2D eigenvalue weighted by Crippen LogP contribution is 2.44. The second-order valence-corrected chi connectivity index (χ2v) is 15.7. The third kappa shape index (κ3) is 7.88. The van der Waals surface area contributed by atoms with E-state index in [2.05, 4.69) is 48.1 Å². The molecule has 2 aromatic carbocycles. The number of alkyl halides is 6. The van der Waals surface area contributed by atoms with Gasteiger partial charge in [0.05, 0.1) is 43.0 Å². The first-order valence-electron chi connectivity index (χ1n) is 12.8. The van der Waals surface area contributed by atoms with Gasteiger partial charge in [0.2, 0.25) is 0 Å². The van der Waals surface area contributed by atoms with Crippen LogP contribution in [0.15, 0.2) is 49.2 Å². The van der Waals surface area contributed by atoms with Gasteiger partial charge in [-0.15, -0.1) is 11.8 Å². The summed E-state index contributed by atoms with van der Waals surface area (Å²) in [6, 6.07) is 9.04. The summed E-state index contributed by atoms with van der Waals surface area (Å²) in [6.07, 6.45) is -11.2. The molecule has 4 aromatic rings. The van der Waals surface area contributed by atoms with Crippen molar-refractivity contribution >= 4 is 76.7 Å². The molecule has 0 atom stereocenters. The van der Waals surface area contributed by atoms with Crippen molar-refractivity contribution in [3.8, 4) is 22.6 Å². The van der Waals surface area contributed by atoms with E-state index in [1.54, 1.807) is 18.2 Å². The first kappa shape index (κ1) is 36.1. The van der Waals surface area contributed by atoms with Crippen molar-refractivity contribution in [2.45, 2.75) is 49.3 Å². The quantitative estimate of drug-likeness (QED) is 0.124. The van der Waals surface area contributed by atoms with Gasteiger partial charge in [-0.3, -0.25) is 0 Å². The first-order chi connectivity index (χ1) is 20.7. The van der Waals surface area contributed by atoms with Crippen molar-refractivity contribution in [2.75, 3.05) is 11.5 Å². The van der Waals surface area contributed by atoms with Crippen LogP contribution in [0.1, 0.15) is 32.2 Å². The van der Waals surface area contributed by atoms with E-state index >= 15 is 0 Å². The number of benzene rings is 2. The minimum atomic E-state index is -4.93. The molecule has 243 valence electrons. The third-order valence-electron chi connectivity index (χ3n) is 6.13. The standard InChI is InChI=1S/C27H21Br2Cl2F6N4O2S2/c1-4-45(42,43)19-8-7-17(31)24(25(19)40-21(28)10-20(39-40)27(35,36)37)41-23(22(29)18(38-41)11-26(32,33)34)15-9-14(5-6-16(15)30)44-12-13(2)3/h5-6,8-10,13H,4,11-12H2,1-3H3. The van der Waals surface area contributed by atoms with Crippen LogP contribution in [0.2, 0.25) is 10.0 Å². The Morgan fingerprint density at radius 1 is 1.02 bits per heavy atom. The monoisotopic (exact) mass is 839 g/mol. The normalized spacial score (nSPS) is 12.8. The molecule has 0 saturated heterocycles. The van der Waals surface area contributed by atoms with Gasteiger partial charge < -0.3 is 0 Å². The van der Waals surface area contributed by atoms with Crippen LogP contribution in [0.3, 0.4) is 0 Å². The summed E-state index contributed by atoms with van der Waals surface area (Å²) in [5.74, 6) is 0.520. The molecule has 45 heavy (non-hydrogen) atoms. The molecule has 18 heteroatoms. The van der Waals surface area contributed by atoms with Gasteiger partial charge >= 0.3 is 12.4 Å². The predicted molar refractivity (Wildman–Crippen MR) is 168 cm³/mol. The fourth-order valence-corrected chi connectivity index (χ4v) is 7.53. The van der Waals surface area contributed by atoms with Crippen LogP contribution >= 0.6 is 66.8 Å². The van der Waals surface area contributed by atoms with Crippen LogP contribution in [0.4, 0.5) is 26.3 Å². The summed E-state index contributed by atoms with van der Waals surface area (Å²) in [7, 11) is -4.22. The van der Waals surface area contributed by atoms with Crippen molar-refractivity contribution < 1.29 is 34.8 Å². The topological polar surface area (TPSA) is 69.8 Å². The summed E-state index contributed by atoms with van der Waals surface area (Å²) >= 11 is 20.9. The maximum Gasteiger partial charge on any atom is 0.435 e. The molecule has 0 aliphatic carbocycles. The summed E-state index contributed by atoms with van der Waals surface area (Å²) < 4.78 is 110. The number of rotatable bonds is 9. The number of sulfone groups is 1. The van der Waals surface area contributed by atoms with Crippen molar-refractivity contribution in [3.05, 3.63) is 66.9 Å². The van der Waals surface area contributed by atoms with Crippen LogP contribution in [-0.4, -0.2) is 45.7 Å². The third-order valence-corrected chi connectivity index (χ3v) is 11.3. The van der Waals surface area contributed by atoms with E-state index in [9.17, 15) is 34.8 Å². The Morgan fingerprint density at radius 3 is 2.24 bits per heavy atom. The lowest BCUT2D eigenvalue weighted by atomic mass is 10.1. The molecule has 0 unspecified atom stereocenters. The molecule has 0 bridgehead atoms. The second-order valence-electron chi connectivity index (χ2n) is 9.99. The van der Waals surface area contributed by atoms with Gasteiger partial charge in [-0.1, -0.05) is 44.0 Å². The Balaban J connectivity index is 2.17. The summed E-state index contributed by atoms with van der Waals surface area (Å²) in [5, 5.41) is 7.50. The van der Waals surface area contributed by atoms with Gasteiger partial charge in [-0.25, -0.2) is 17.8 Å². The van der Waals surface area contributed by atoms with Crippen molar-refractivity contribution in [2.24, 2.45) is 5.92 Å². The van der Waals surface area contributed by atoms with Gasteiger partial charge in [-0.2, -0.15) is 36.5 Å². The van der Waals surface area contributed by atoms with Crippen molar-refractivity contribution in [1.82, 2.24) is 19.6 Å². The minimum Gasteiger partial charge on any atom is -0.228 e. The van der Waals surface area contributed by atoms with Gasteiger partial charge in [0.1, 0.15) is 16.0 Å². The molecule has 0 N–H and O–H groups in total. The Labute approximate surface area is 285 Å². The van der Waals surface area contributed by atoms with E-state index in [0.29, 0.717) is 27.3 Å². The molecular weight excluding hydrogens is 821 g/mol. The number of thioether (sulfide) groups is 1. The highest BCUT2D eigenvalue weighted by atomic mass is 79.9. The van der Waals surface area contributed by atoms with E-state index in [-0.39, 0.29) is 30.4 Å². The van der Waals surface area contributed by atoms with Gasteiger partial charge in [0.15, 0.2) is 15.5 Å². The first-order valence-corrected chi connectivity index (χ1v) is 17.8. The Hall–Kier alpha value is -1.72. The number of nitrogens with zero attached hydrogens (tertiary/aromatic N) is 4. The molecule has 0 aliphatic rings. The molecule has 4 rings (SSSR count). The molecule has 0 fully saturated rings. The lowest BCUT2D eigenvalue weighted by molar-refractivity contribution is -0.141.